The first-order valence-corrected chi connectivity index (χ1v) is 8.45. The Labute approximate surface area is 148 Å². The van der Waals surface area contributed by atoms with E-state index in [9.17, 15) is 4.79 Å². The molecule has 0 aliphatic carbocycles. The van der Waals surface area contributed by atoms with Gasteiger partial charge in [-0.05, 0) is 24.7 Å². The zero-order chi connectivity index (χ0) is 17.6. The summed E-state index contributed by atoms with van der Waals surface area (Å²) in [6.07, 6.45) is 3.22. The van der Waals surface area contributed by atoms with E-state index in [1.807, 2.05) is 18.2 Å². The molecule has 1 aliphatic rings. The van der Waals surface area contributed by atoms with Crippen molar-refractivity contribution >= 4 is 11.6 Å². The van der Waals surface area contributed by atoms with Crippen molar-refractivity contribution in [2.75, 3.05) is 45.7 Å². The van der Waals surface area contributed by atoms with Crippen molar-refractivity contribution in [3.05, 3.63) is 53.9 Å². The molecule has 6 heteroatoms. The highest BCUT2D eigenvalue weighted by Crippen LogP contribution is 2.22. The summed E-state index contributed by atoms with van der Waals surface area (Å²) in [6.45, 7) is 5.15. The van der Waals surface area contributed by atoms with Gasteiger partial charge in [-0.3, -0.25) is 14.7 Å². The quantitative estimate of drug-likeness (QED) is 0.903. The SMILES string of the molecule is COc1ccncc1NC(=O)c1cccc(CN2CCN(C)CC2)c1. The molecule has 0 radical (unpaired) electrons. The van der Waals surface area contributed by atoms with Crippen LogP contribution in [0.15, 0.2) is 42.7 Å². The molecule has 0 saturated carbocycles. The number of carbonyl (C=O) groups is 1. The average molecular weight is 340 g/mol. The van der Waals surface area contributed by atoms with Crippen LogP contribution in [-0.4, -0.2) is 61.0 Å². The molecule has 132 valence electrons. The largest absolute Gasteiger partial charge is 0.494 e. The van der Waals surface area contributed by atoms with Gasteiger partial charge in [-0.25, -0.2) is 0 Å². The summed E-state index contributed by atoms with van der Waals surface area (Å²) in [5, 5.41) is 2.87. The van der Waals surface area contributed by atoms with Crippen LogP contribution in [0.5, 0.6) is 5.75 Å². The van der Waals surface area contributed by atoms with E-state index < -0.39 is 0 Å². The molecule has 6 nitrogen and oxygen atoms in total. The van der Waals surface area contributed by atoms with Crippen molar-refractivity contribution < 1.29 is 9.53 Å². The van der Waals surface area contributed by atoms with Crippen molar-refractivity contribution in [1.29, 1.82) is 0 Å². The molecule has 1 aromatic carbocycles. The van der Waals surface area contributed by atoms with Gasteiger partial charge in [0.05, 0.1) is 13.3 Å². The number of aromatic nitrogens is 1. The normalized spacial score (nSPS) is 15.8. The monoisotopic (exact) mass is 340 g/mol. The predicted molar refractivity (Wildman–Crippen MR) is 98.0 cm³/mol. The van der Waals surface area contributed by atoms with Gasteiger partial charge in [0.1, 0.15) is 11.4 Å². The van der Waals surface area contributed by atoms with E-state index >= 15 is 0 Å². The second kappa shape index (κ2) is 8.09. The highest BCUT2D eigenvalue weighted by atomic mass is 16.5. The van der Waals surface area contributed by atoms with Gasteiger partial charge in [0.15, 0.2) is 0 Å². The third kappa shape index (κ3) is 4.55. The molecule has 0 unspecified atom stereocenters. The van der Waals surface area contributed by atoms with Gasteiger partial charge < -0.3 is 15.0 Å². The maximum Gasteiger partial charge on any atom is 0.255 e. The minimum absolute atomic E-state index is 0.161. The molecule has 1 saturated heterocycles. The molecule has 0 atom stereocenters. The molecule has 25 heavy (non-hydrogen) atoms. The maximum atomic E-state index is 12.6. The second-order valence-electron chi connectivity index (χ2n) is 6.31. The van der Waals surface area contributed by atoms with Crippen molar-refractivity contribution in [3.8, 4) is 5.75 Å². The number of hydrogen-bond acceptors (Lipinski definition) is 5. The van der Waals surface area contributed by atoms with Gasteiger partial charge >= 0.3 is 0 Å². The van der Waals surface area contributed by atoms with E-state index in [1.165, 1.54) is 0 Å². The molecule has 2 aromatic rings. The van der Waals surface area contributed by atoms with Gasteiger partial charge in [-0.1, -0.05) is 12.1 Å². The third-order valence-corrected chi connectivity index (χ3v) is 4.44. The highest BCUT2D eigenvalue weighted by molar-refractivity contribution is 6.05. The standard InChI is InChI=1S/C19H24N4O2/c1-22-8-10-23(11-9-22)14-15-4-3-5-16(12-15)19(24)21-17-13-20-7-6-18(17)25-2/h3-7,12-13H,8-11,14H2,1-2H3,(H,21,24). The summed E-state index contributed by atoms with van der Waals surface area (Å²) in [6, 6.07) is 9.50. The zero-order valence-electron chi connectivity index (χ0n) is 14.7. The lowest BCUT2D eigenvalue weighted by Crippen LogP contribution is -2.43. The molecule has 1 aromatic heterocycles. The summed E-state index contributed by atoms with van der Waals surface area (Å²) in [4.78, 5) is 21.3. The van der Waals surface area contributed by atoms with Crippen LogP contribution in [0.3, 0.4) is 0 Å². The van der Waals surface area contributed by atoms with E-state index in [-0.39, 0.29) is 5.91 Å². The van der Waals surface area contributed by atoms with Crippen LogP contribution in [-0.2, 0) is 6.54 Å². The number of methoxy groups -OCH3 is 1. The maximum absolute atomic E-state index is 12.6. The number of pyridine rings is 1. The number of amides is 1. The average Bonchev–Trinajstić information content (AvgIpc) is 2.64. The molecule has 0 spiro atoms. The Morgan fingerprint density at radius 2 is 2.04 bits per heavy atom. The van der Waals surface area contributed by atoms with Gasteiger partial charge in [-0.15, -0.1) is 0 Å². The van der Waals surface area contributed by atoms with Crippen LogP contribution in [0.2, 0.25) is 0 Å². The first-order chi connectivity index (χ1) is 12.2. The summed E-state index contributed by atoms with van der Waals surface area (Å²) in [5.74, 6) is 0.434. The predicted octanol–water partition coefficient (Wildman–Crippen LogP) is 2.09. The summed E-state index contributed by atoms with van der Waals surface area (Å²) >= 11 is 0. The van der Waals surface area contributed by atoms with Crippen LogP contribution in [0.25, 0.3) is 0 Å². The third-order valence-electron chi connectivity index (χ3n) is 4.44. The molecular formula is C19H24N4O2. The Bertz CT molecular complexity index is 727. The number of nitrogens with zero attached hydrogens (tertiary/aromatic N) is 3. The fourth-order valence-corrected chi connectivity index (χ4v) is 2.92. The Morgan fingerprint density at radius 1 is 1.24 bits per heavy atom. The Morgan fingerprint density at radius 3 is 2.80 bits per heavy atom. The topological polar surface area (TPSA) is 57.7 Å². The molecule has 0 bridgehead atoms. The van der Waals surface area contributed by atoms with Gasteiger partial charge in [0.25, 0.3) is 5.91 Å². The summed E-state index contributed by atoms with van der Waals surface area (Å²) in [7, 11) is 3.72. The summed E-state index contributed by atoms with van der Waals surface area (Å²) < 4.78 is 5.25. The fraction of sp³-hybridized carbons (Fsp3) is 0.368. The summed E-state index contributed by atoms with van der Waals surface area (Å²) in [5.41, 5.74) is 2.35. The Kier molecular flexibility index (Phi) is 5.63. The fourth-order valence-electron chi connectivity index (χ4n) is 2.92. The molecule has 3 rings (SSSR count). The van der Waals surface area contributed by atoms with E-state index in [1.54, 1.807) is 25.6 Å². The molecule has 1 aliphatic heterocycles. The number of nitrogens with one attached hydrogen (secondary N) is 1. The van der Waals surface area contributed by atoms with Crippen molar-refractivity contribution in [2.45, 2.75) is 6.54 Å². The Hall–Kier alpha value is -2.44. The van der Waals surface area contributed by atoms with Gasteiger partial charge in [0, 0.05) is 50.6 Å². The van der Waals surface area contributed by atoms with Crippen molar-refractivity contribution in [1.82, 2.24) is 14.8 Å². The Balaban J connectivity index is 1.67. The minimum atomic E-state index is -0.161. The van der Waals surface area contributed by atoms with E-state index in [0.717, 1.165) is 38.3 Å². The smallest absolute Gasteiger partial charge is 0.255 e. The number of likely N-dealkylation sites (N-methyl/N-ethyl adjacent to an activating group) is 1. The van der Waals surface area contributed by atoms with Gasteiger partial charge in [0.2, 0.25) is 0 Å². The van der Waals surface area contributed by atoms with Crippen LogP contribution in [0, 0.1) is 0 Å². The van der Waals surface area contributed by atoms with E-state index in [2.05, 4.69) is 33.2 Å². The molecule has 1 N–H and O–H groups in total. The number of carbonyl (C=O) groups excluding carboxylic acids is 1. The number of hydrogen-bond donors (Lipinski definition) is 1. The first kappa shape index (κ1) is 17.4. The van der Waals surface area contributed by atoms with Crippen LogP contribution in [0.4, 0.5) is 5.69 Å². The van der Waals surface area contributed by atoms with E-state index in [4.69, 9.17) is 4.74 Å². The number of piperazine rings is 1. The molecular weight excluding hydrogens is 316 g/mol. The number of ether oxygens (including phenoxy) is 1. The van der Waals surface area contributed by atoms with Crippen molar-refractivity contribution in [3.63, 3.8) is 0 Å². The van der Waals surface area contributed by atoms with Crippen molar-refractivity contribution in [2.24, 2.45) is 0 Å². The van der Waals surface area contributed by atoms with Crippen LogP contribution >= 0.6 is 0 Å². The number of rotatable bonds is 5. The second-order valence-corrected chi connectivity index (χ2v) is 6.31. The number of benzene rings is 1. The van der Waals surface area contributed by atoms with E-state index in [0.29, 0.717) is 17.0 Å². The van der Waals surface area contributed by atoms with Gasteiger partial charge in [-0.2, -0.15) is 0 Å². The lowest BCUT2D eigenvalue weighted by Gasteiger charge is -2.32. The lowest BCUT2D eigenvalue weighted by atomic mass is 10.1. The highest BCUT2D eigenvalue weighted by Gasteiger charge is 2.15. The minimum Gasteiger partial charge on any atom is -0.494 e. The first-order valence-electron chi connectivity index (χ1n) is 8.45. The van der Waals surface area contributed by atoms with Crippen LogP contribution < -0.4 is 10.1 Å². The van der Waals surface area contributed by atoms with Crippen LogP contribution in [0.1, 0.15) is 15.9 Å². The number of anilines is 1. The molecule has 1 amide bonds. The lowest BCUT2D eigenvalue weighted by molar-refractivity contribution is 0.102. The zero-order valence-corrected chi connectivity index (χ0v) is 14.7. The molecule has 2 heterocycles. The molecule has 1 fully saturated rings.